The van der Waals surface area contributed by atoms with Crippen molar-refractivity contribution in [2.24, 2.45) is 5.41 Å². The van der Waals surface area contributed by atoms with E-state index >= 15 is 0 Å². The van der Waals surface area contributed by atoms with E-state index in [1.165, 1.54) is 0 Å². The molecule has 0 spiro atoms. The van der Waals surface area contributed by atoms with Gasteiger partial charge in [0, 0.05) is 43.3 Å². The summed E-state index contributed by atoms with van der Waals surface area (Å²) in [6.45, 7) is 11.7. The van der Waals surface area contributed by atoms with Gasteiger partial charge in [-0.05, 0) is 44.0 Å². The number of rotatable bonds is 7. The predicted octanol–water partition coefficient (Wildman–Crippen LogP) is 4.81. The fraction of sp³-hybridized carbons (Fsp3) is 0.481. The Bertz CT molecular complexity index is 1200. The maximum atomic E-state index is 12.9. The monoisotopic (exact) mass is 509 g/mol. The third-order valence-corrected chi connectivity index (χ3v) is 7.40. The zero-order chi connectivity index (χ0) is 25.9. The van der Waals surface area contributed by atoms with Crippen LogP contribution in [-0.2, 0) is 9.59 Å². The minimum absolute atomic E-state index is 0.0245. The van der Waals surface area contributed by atoms with Crippen molar-refractivity contribution in [2.75, 3.05) is 25.4 Å². The first-order chi connectivity index (χ1) is 17.2. The third kappa shape index (κ3) is 5.67. The van der Waals surface area contributed by atoms with Crippen molar-refractivity contribution in [1.82, 2.24) is 24.6 Å². The minimum atomic E-state index is -0.409. The Hall–Kier alpha value is -3.07. The highest BCUT2D eigenvalue weighted by molar-refractivity contribution is 7.99. The van der Waals surface area contributed by atoms with Crippen molar-refractivity contribution in [3.63, 3.8) is 0 Å². The molecule has 1 aliphatic heterocycles. The highest BCUT2D eigenvalue weighted by atomic mass is 32.2. The van der Waals surface area contributed by atoms with Crippen LogP contribution in [0.1, 0.15) is 46.1 Å². The molecule has 3 aromatic rings. The Morgan fingerprint density at radius 3 is 2.56 bits per heavy atom. The molecule has 192 valence electrons. The van der Waals surface area contributed by atoms with Gasteiger partial charge in [-0.15, -0.1) is 10.2 Å². The Labute approximate surface area is 217 Å². The summed E-state index contributed by atoms with van der Waals surface area (Å²) in [6, 6.07) is 11.8. The number of furan rings is 1. The molecule has 3 heterocycles. The standard InChI is InChI=1S/C27H35N5O3S/c1-19-10-6-7-11-21(19)32-24(22-12-8-16-35-22)28-29-26(32)36-17-9-13-23(33)30-14-15-31(20(2)18-30)25(34)27(3,4)5/h6-8,10-12,16,20H,9,13-15,17-18H2,1-5H3. The van der Waals surface area contributed by atoms with E-state index in [0.717, 1.165) is 28.6 Å². The fourth-order valence-corrected chi connectivity index (χ4v) is 5.31. The number of amides is 2. The van der Waals surface area contributed by atoms with Gasteiger partial charge in [-0.2, -0.15) is 0 Å². The number of hydrogen-bond donors (Lipinski definition) is 0. The molecule has 0 radical (unpaired) electrons. The molecular formula is C27H35N5O3S. The number of nitrogens with zero attached hydrogens (tertiary/aromatic N) is 5. The van der Waals surface area contributed by atoms with Gasteiger partial charge in [0.1, 0.15) is 0 Å². The van der Waals surface area contributed by atoms with Crippen molar-refractivity contribution >= 4 is 23.6 Å². The molecule has 0 aliphatic carbocycles. The van der Waals surface area contributed by atoms with Gasteiger partial charge in [-0.25, -0.2) is 0 Å². The van der Waals surface area contributed by atoms with E-state index < -0.39 is 5.41 Å². The lowest BCUT2D eigenvalue weighted by Crippen LogP contribution is -2.57. The first-order valence-corrected chi connectivity index (χ1v) is 13.4. The van der Waals surface area contributed by atoms with Crippen LogP contribution in [0.3, 0.4) is 0 Å². The molecule has 4 rings (SSSR count). The Balaban J connectivity index is 1.35. The number of benzene rings is 1. The lowest BCUT2D eigenvalue weighted by Gasteiger charge is -2.42. The van der Waals surface area contributed by atoms with E-state index in [4.69, 9.17) is 4.42 Å². The first kappa shape index (κ1) is 26.0. The van der Waals surface area contributed by atoms with Gasteiger partial charge >= 0.3 is 0 Å². The normalized spacial score (nSPS) is 16.4. The maximum Gasteiger partial charge on any atom is 0.228 e. The molecule has 2 amide bonds. The smallest absolute Gasteiger partial charge is 0.228 e. The second-order valence-corrected chi connectivity index (χ2v) is 11.4. The van der Waals surface area contributed by atoms with Crippen molar-refractivity contribution in [3.05, 3.63) is 48.2 Å². The molecule has 2 aromatic heterocycles. The summed E-state index contributed by atoms with van der Waals surface area (Å²) in [5, 5.41) is 9.60. The van der Waals surface area contributed by atoms with Crippen molar-refractivity contribution in [1.29, 1.82) is 0 Å². The number of para-hydroxylation sites is 1. The number of hydrogen-bond acceptors (Lipinski definition) is 6. The van der Waals surface area contributed by atoms with Gasteiger partial charge < -0.3 is 14.2 Å². The highest BCUT2D eigenvalue weighted by Gasteiger charge is 2.34. The number of carbonyl (C=O) groups excluding carboxylic acids is 2. The zero-order valence-corrected chi connectivity index (χ0v) is 22.5. The van der Waals surface area contributed by atoms with Crippen LogP contribution in [0, 0.1) is 12.3 Å². The number of aryl methyl sites for hydroxylation is 1. The SMILES string of the molecule is Cc1ccccc1-n1c(SCCCC(=O)N2CCN(C(=O)C(C)(C)C)C(C)C2)nnc1-c1ccco1. The average Bonchev–Trinajstić information content (AvgIpc) is 3.51. The zero-order valence-electron chi connectivity index (χ0n) is 21.7. The van der Waals surface area contributed by atoms with Crippen LogP contribution >= 0.6 is 11.8 Å². The van der Waals surface area contributed by atoms with E-state index in [1.54, 1.807) is 18.0 Å². The molecule has 0 saturated carbocycles. The molecular weight excluding hydrogens is 474 g/mol. The second-order valence-electron chi connectivity index (χ2n) is 10.3. The molecule has 0 bridgehead atoms. The van der Waals surface area contributed by atoms with Crippen LogP contribution in [0.25, 0.3) is 17.3 Å². The van der Waals surface area contributed by atoms with Gasteiger partial charge in [0.05, 0.1) is 12.0 Å². The minimum Gasteiger partial charge on any atom is -0.461 e. The fourth-order valence-electron chi connectivity index (χ4n) is 4.42. The number of aromatic nitrogens is 3. The molecule has 1 fully saturated rings. The lowest BCUT2D eigenvalue weighted by atomic mass is 9.93. The Morgan fingerprint density at radius 1 is 1.11 bits per heavy atom. The molecule has 1 aromatic carbocycles. The van der Waals surface area contributed by atoms with Crippen LogP contribution in [0.5, 0.6) is 0 Å². The van der Waals surface area contributed by atoms with Gasteiger partial charge in [0.15, 0.2) is 10.9 Å². The number of thioether (sulfide) groups is 1. The topological polar surface area (TPSA) is 84.5 Å². The molecule has 8 nitrogen and oxygen atoms in total. The third-order valence-electron chi connectivity index (χ3n) is 6.38. The molecule has 1 aliphatic rings. The van der Waals surface area contributed by atoms with Crippen LogP contribution < -0.4 is 0 Å². The second kappa shape index (κ2) is 10.9. The molecule has 36 heavy (non-hydrogen) atoms. The van der Waals surface area contributed by atoms with Crippen molar-refractivity contribution in [2.45, 2.75) is 58.7 Å². The van der Waals surface area contributed by atoms with Crippen LogP contribution in [-0.4, -0.2) is 67.8 Å². The van der Waals surface area contributed by atoms with E-state index in [1.807, 2.05) is 72.4 Å². The highest BCUT2D eigenvalue weighted by Crippen LogP contribution is 2.30. The average molecular weight is 510 g/mol. The quantitative estimate of drug-likeness (QED) is 0.336. The van der Waals surface area contributed by atoms with E-state index in [2.05, 4.69) is 23.2 Å². The summed E-state index contributed by atoms with van der Waals surface area (Å²) < 4.78 is 7.62. The van der Waals surface area contributed by atoms with Gasteiger partial charge in [-0.1, -0.05) is 50.7 Å². The largest absolute Gasteiger partial charge is 0.461 e. The summed E-state index contributed by atoms with van der Waals surface area (Å²) in [5.41, 5.74) is 1.71. The summed E-state index contributed by atoms with van der Waals surface area (Å²) in [5.74, 6) is 2.34. The number of carbonyl (C=O) groups is 2. The van der Waals surface area contributed by atoms with Crippen LogP contribution in [0.2, 0.25) is 0 Å². The predicted molar refractivity (Wildman–Crippen MR) is 141 cm³/mol. The Kier molecular flexibility index (Phi) is 7.88. The van der Waals surface area contributed by atoms with Crippen molar-refractivity contribution < 1.29 is 14.0 Å². The van der Waals surface area contributed by atoms with Crippen molar-refractivity contribution in [3.8, 4) is 17.3 Å². The summed E-state index contributed by atoms with van der Waals surface area (Å²) in [4.78, 5) is 29.4. The van der Waals surface area contributed by atoms with Gasteiger partial charge in [0.2, 0.25) is 17.6 Å². The Morgan fingerprint density at radius 2 is 1.89 bits per heavy atom. The van der Waals surface area contributed by atoms with E-state index in [-0.39, 0.29) is 17.9 Å². The van der Waals surface area contributed by atoms with E-state index in [9.17, 15) is 9.59 Å². The van der Waals surface area contributed by atoms with Gasteiger partial charge in [0.25, 0.3) is 0 Å². The van der Waals surface area contributed by atoms with Crippen LogP contribution in [0.4, 0.5) is 0 Å². The number of piperazine rings is 1. The van der Waals surface area contributed by atoms with Crippen LogP contribution in [0.15, 0.2) is 52.2 Å². The summed E-state index contributed by atoms with van der Waals surface area (Å²) in [6.07, 6.45) is 2.83. The van der Waals surface area contributed by atoms with E-state index in [0.29, 0.717) is 37.6 Å². The molecule has 1 atom stereocenters. The molecule has 1 saturated heterocycles. The summed E-state index contributed by atoms with van der Waals surface area (Å²) in [7, 11) is 0. The summed E-state index contributed by atoms with van der Waals surface area (Å²) >= 11 is 1.59. The molecule has 1 unspecified atom stereocenters. The molecule has 9 heteroatoms. The first-order valence-electron chi connectivity index (χ1n) is 12.4. The molecule has 0 N–H and O–H groups in total. The van der Waals surface area contributed by atoms with Gasteiger partial charge in [-0.3, -0.25) is 14.2 Å². The lowest BCUT2D eigenvalue weighted by molar-refractivity contribution is -0.148. The maximum absolute atomic E-state index is 12.9.